The third kappa shape index (κ3) is 1.95. The van der Waals surface area contributed by atoms with Crippen molar-refractivity contribution in [3.8, 4) is 0 Å². The maximum Gasteiger partial charge on any atom is 0.325 e. The minimum absolute atomic E-state index is 0.166. The van der Waals surface area contributed by atoms with Gasteiger partial charge >= 0.3 is 12.0 Å². The molecule has 0 radical (unpaired) electrons. The zero-order chi connectivity index (χ0) is 13.3. The van der Waals surface area contributed by atoms with E-state index in [1.54, 1.807) is 0 Å². The summed E-state index contributed by atoms with van der Waals surface area (Å²) in [6.45, 7) is 1.90. The summed E-state index contributed by atoms with van der Waals surface area (Å²) in [6.07, 6.45) is 3.17. The Labute approximate surface area is 106 Å². The topological polar surface area (TPSA) is 75.7 Å². The zero-order valence-electron chi connectivity index (χ0n) is 10.7. The molecule has 1 saturated carbocycles. The molecule has 2 atom stereocenters. The summed E-state index contributed by atoms with van der Waals surface area (Å²) >= 11 is 0. The standard InChI is InChI=1S/C12H18N2O4/c1-8-4-3-5-12(6-8)10(16)13-11(17)14(12)7-9(15)18-2/h8H,3-7H2,1-2H3,(H,13,16,17). The highest BCUT2D eigenvalue weighted by Crippen LogP contribution is 2.39. The highest BCUT2D eigenvalue weighted by atomic mass is 16.5. The molecule has 0 aromatic rings. The number of nitrogens with one attached hydrogen (secondary N) is 1. The molecule has 0 aromatic carbocycles. The minimum atomic E-state index is -0.844. The van der Waals surface area contributed by atoms with Crippen LogP contribution in [0, 0.1) is 5.92 Å². The second kappa shape index (κ2) is 4.59. The van der Waals surface area contributed by atoms with Gasteiger partial charge in [-0.25, -0.2) is 4.79 Å². The first-order chi connectivity index (χ1) is 8.49. The third-order valence-corrected chi connectivity index (χ3v) is 3.89. The van der Waals surface area contributed by atoms with E-state index in [0.717, 1.165) is 12.8 Å². The molecular formula is C12H18N2O4. The maximum absolute atomic E-state index is 12.1. The van der Waals surface area contributed by atoms with Crippen LogP contribution in [0.25, 0.3) is 0 Å². The van der Waals surface area contributed by atoms with Crippen molar-refractivity contribution in [1.82, 2.24) is 10.2 Å². The molecule has 0 aromatic heterocycles. The average molecular weight is 254 g/mol. The van der Waals surface area contributed by atoms with Gasteiger partial charge in [-0.15, -0.1) is 0 Å². The van der Waals surface area contributed by atoms with Crippen LogP contribution in [-0.2, 0) is 14.3 Å². The Balaban J connectivity index is 2.26. The van der Waals surface area contributed by atoms with Crippen LogP contribution in [0.3, 0.4) is 0 Å². The van der Waals surface area contributed by atoms with Gasteiger partial charge in [0.05, 0.1) is 7.11 Å². The summed E-state index contributed by atoms with van der Waals surface area (Å²) < 4.78 is 4.58. The molecule has 1 aliphatic carbocycles. The van der Waals surface area contributed by atoms with E-state index in [0.29, 0.717) is 18.8 Å². The zero-order valence-corrected chi connectivity index (χ0v) is 10.7. The van der Waals surface area contributed by atoms with Crippen LogP contribution in [0.4, 0.5) is 4.79 Å². The van der Waals surface area contributed by atoms with Crippen molar-refractivity contribution in [2.75, 3.05) is 13.7 Å². The molecule has 2 unspecified atom stereocenters. The lowest BCUT2D eigenvalue weighted by atomic mass is 9.75. The smallest absolute Gasteiger partial charge is 0.325 e. The van der Waals surface area contributed by atoms with Crippen LogP contribution in [-0.4, -0.2) is 42.0 Å². The van der Waals surface area contributed by atoms with Crippen LogP contribution in [0.5, 0.6) is 0 Å². The number of nitrogens with zero attached hydrogens (tertiary/aromatic N) is 1. The quantitative estimate of drug-likeness (QED) is 0.580. The lowest BCUT2D eigenvalue weighted by Crippen LogP contribution is -2.54. The molecule has 2 aliphatic rings. The van der Waals surface area contributed by atoms with Crippen molar-refractivity contribution in [3.63, 3.8) is 0 Å². The van der Waals surface area contributed by atoms with Gasteiger partial charge in [0.25, 0.3) is 5.91 Å². The van der Waals surface area contributed by atoms with Crippen molar-refractivity contribution >= 4 is 17.9 Å². The first kappa shape index (κ1) is 12.9. The lowest BCUT2D eigenvalue weighted by molar-refractivity contribution is -0.143. The molecule has 6 heteroatoms. The first-order valence-electron chi connectivity index (χ1n) is 6.19. The molecule has 2 rings (SSSR count). The van der Waals surface area contributed by atoms with Gasteiger partial charge in [0, 0.05) is 0 Å². The summed E-state index contributed by atoms with van der Waals surface area (Å²) in [5.74, 6) is -0.407. The lowest BCUT2D eigenvalue weighted by Gasteiger charge is -2.40. The van der Waals surface area contributed by atoms with Gasteiger partial charge in [-0.3, -0.25) is 19.8 Å². The Kier molecular flexibility index (Phi) is 3.28. The number of carbonyl (C=O) groups is 3. The molecular weight excluding hydrogens is 236 g/mol. The number of rotatable bonds is 2. The number of amides is 3. The van der Waals surface area contributed by atoms with E-state index in [2.05, 4.69) is 17.0 Å². The molecule has 1 saturated heterocycles. The Hall–Kier alpha value is -1.59. The number of methoxy groups -OCH3 is 1. The molecule has 1 aliphatic heterocycles. The predicted molar refractivity (Wildman–Crippen MR) is 62.6 cm³/mol. The normalized spacial score (nSPS) is 31.7. The van der Waals surface area contributed by atoms with E-state index in [1.807, 2.05) is 0 Å². The van der Waals surface area contributed by atoms with E-state index in [-0.39, 0.29) is 12.5 Å². The number of imide groups is 1. The highest BCUT2D eigenvalue weighted by Gasteiger charge is 2.54. The number of hydrogen-bond acceptors (Lipinski definition) is 4. The molecule has 3 amide bonds. The molecule has 0 bridgehead atoms. The largest absolute Gasteiger partial charge is 0.468 e. The molecule has 18 heavy (non-hydrogen) atoms. The third-order valence-electron chi connectivity index (χ3n) is 3.89. The number of urea groups is 1. The number of carbonyl (C=O) groups excluding carboxylic acids is 3. The van der Waals surface area contributed by atoms with Crippen molar-refractivity contribution in [2.45, 2.75) is 38.1 Å². The maximum atomic E-state index is 12.1. The summed E-state index contributed by atoms with van der Waals surface area (Å²) in [5, 5.41) is 2.32. The fourth-order valence-corrected chi connectivity index (χ4v) is 2.99. The van der Waals surface area contributed by atoms with Crippen molar-refractivity contribution in [2.24, 2.45) is 5.92 Å². The molecule has 2 fully saturated rings. The van der Waals surface area contributed by atoms with Crippen LogP contribution in [0.15, 0.2) is 0 Å². The molecule has 1 N–H and O–H groups in total. The van der Waals surface area contributed by atoms with Gasteiger partial charge in [0.1, 0.15) is 12.1 Å². The number of esters is 1. The molecule has 1 heterocycles. The van der Waals surface area contributed by atoms with Crippen LogP contribution >= 0.6 is 0 Å². The van der Waals surface area contributed by atoms with Gasteiger partial charge in [0.15, 0.2) is 0 Å². The van der Waals surface area contributed by atoms with Gasteiger partial charge in [-0.2, -0.15) is 0 Å². The molecule has 100 valence electrons. The summed E-state index contributed by atoms with van der Waals surface area (Å²) in [5.41, 5.74) is -0.844. The van der Waals surface area contributed by atoms with E-state index in [1.165, 1.54) is 12.0 Å². The van der Waals surface area contributed by atoms with Gasteiger partial charge in [-0.1, -0.05) is 19.8 Å². The average Bonchev–Trinajstić information content (AvgIpc) is 2.53. The van der Waals surface area contributed by atoms with Gasteiger partial charge in [-0.05, 0) is 18.8 Å². The Morgan fingerprint density at radius 3 is 2.89 bits per heavy atom. The second-order valence-corrected chi connectivity index (χ2v) is 5.15. The van der Waals surface area contributed by atoms with E-state index < -0.39 is 17.5 Å². The fraction of sp³-hybridized carbons (Fsp3) is 0.750. The second-order valence-electron chi connectivity index (χ2n) is 5.15. The predicted octanol–water partition coefficient (Wildman–Crippen LogP) is 0.660. The Morgan fingerprint density at radius 2 is 2.28 bits per heavy atom. The van der Waals surface area contributed by atoms with E-state index in [4.69, 9.17) is 0 Å². The van der Waals surface area contributed by atoms with Gasteiger partial charge in [0.2, 0.25) is 0 Å². The van der Waals surface area contributed by atoms with Crippen molar-refractivity contribution < 1.29 is 19.1 Å². The highest BCUT2D eigenvalue weighted by molar-refractivity contribution is 6.08. The van der Waals surface area contributed by atoms with Crippen LogP contribution in [0.1, 0.15) is 32.6 Å². The summed E-state index contributed by atoms with van der Waals surface area (Å²) in [4.78, 5) is 36.6. The van der Waals surface area contributed by atoms with E-state index in [9.17, 15) is 14.4 Å². The van der Waals surface area contributed by atoms with Crippen LogP contribution in [0.2, 0.25) is 0 Å². The van der Waals surface area contributed by atoms with Gasteiger partial charge < -0.3 is 4.74 Å². The van der Waals surface area contributed by atoms with Crippen molar-refractivity contribution in [1.29, 1.82) is 0 Å². The summed E-state index contributed by atoms with van der Waals surface area (Å²) in [6, 6.07) is -0.487. The SMILES string of the molecule is COC(=O)CN1C(=O)NC(=O)C12CCCC(C)C2. The minimum Gasteiger partial charge on any atom is -0.468 e. The van der Waals surface area contributed by atoms with Crippen LogP contribution < -0.4 is 5.32 Å². The Bertz CT molecular complexity index is 396. The first-order valence-corrected chi connectivity index (χ1v) is 6.19. The number of hydrogen-bond donors (Lipinski definition) is 1. The van der Waals surface area contributed by atoms with Crippen molar-refractivity contribution in [3.05, 3.63) is 0 Å². The molecule has 6 nitrogen and oxygen atoms in total. The van der Waals surface area contributed by atoms with E-state index >= 15 is 0 Å². The Morgan fingerprint density at radius 1 is 1.56 bits per heavy atom. The summed E-state index contributed by atoms with van der Waals surface area (Å²) in [7, 11) is 1.27. The monoisotopic (exact) mass is 254 g/mol. The fourth-order valence-electron chi connectivity index (χ4n) is 2.99. The molecule has 1 spiro atoms. The number of ether oxygens (including phenoxy) is 1.